The van der Waals surface area contributed by atoms with Crippen molar-refractivity contribution in [2.45, 2.75) is 20.5 Å². The van der Waals surface area contributed by atoms with Crippen molar-refractivity contribution >= 4 is 17.5 Å². The molecule has 0 radical (unpaired) electrons. The average molecular weight is 399 g/mol. The Hall–Kier alpha value is -3.75. The molecule has 9 heteroatoms. The summed E-state index contributed by atoms with van der Waals surface area (Å²) in [6.07, 6.45) is 2.90. The van der Waals surface area contributed by atoms with E-state index in [4.69, 9.17) is 9.15 Å². The fourth-order valence-electron chi connectivity index (χ4n) is 2.84. The lowest BCUT2D eigenvalue weighted by molar-refractivity contribution is -0.386. The smallest absolute Gasteiger partial charge is 0.311 e. The summed E-state index contributed by atoms with van der Waals surface area (Å²) in [4.78, 5) is 22.8. The van der Waals surface area contributed by atoms with Crippen LogP contribution in [-0.2, 0) is 13.7 Å². The van der Waals surface area contributed by atoms with Crippen LogP contribution in [0.4, 0.5) is 10.1 Å². The minimum absolute atomic E-state index is 0.132. The minimum Gasteiger partial charge on any atom is -0.479 e. The van der Waals surface area contributed by atoms with Crippen LogP contribution < -0.4 is 4.74 Å². The molecular weight excluding hydrogens is 381 g/mol. The van der Waals surface area contributed by atoms with Gasteiger partial charge in [-0.1, -0.05) is 0 Å². The van der Waals surface area contributed by atoms with Crippen LogP contribution in [0.2, 0.25) is 0 Å². The second-order valence-corrected chi connectivity index (χ2v) is 6.33. The predicted molar refractivity (Wildman–Crippen MR) is 102 cm³/mol. The molecule has 0 spiro atoms. The van der Waals surface area contributed by atoms with E-state index < -0.39 is 10.7 Å². The molecule has 0 saturated heterocycles. The highest BCUT2D eigenvalue weighted by Gasteiger charge is 2.17. The van der Waals surface area contributed by atoms with E-state index in [0.29, 0.717) is 22.8 Å². The standard InChI is InChI=1S/C20H18FN3O5/c1-12-20(13(2)23(3)22-12)18(25)9-7-15-5-6-16(29-15)11-28-19-10-14(21)4-8-17(19)24(26)27/h4-10H,11H2,1-3H3/b9-7+. The predicted octanol–water partition coefficient (Wildman–Crippen LogP) is 4.15. The van der Waals surface area contributed by atoms with E-state index in [9.17, 15) is 19.3 Å². The number of benzene rings is 1. The van der Waals surface area contributed by atoms with E-state index in [0.717, 1.165) is 23.9 Å². The van der Waals surface area contributed by atoms with Crippen molar-refractivity contribution < 1.29 is 23.3 Å². The first kappa shape index (κ1) is 20.0. The largest absolute Gasteiger partial charge is 0.479 e. The van der Waals surface area contributed by atoms with Crippen molar-refractivity contribution in [2.24, 2.45) is 7.05 Å². The molecule has 2 aromatic heterocycles. The number of nitrogens with zero attached hydrogens (tertiary/aromatic N) is 3. The Morgan fingerprint density at radius 2 is 2.10 bits per heavy atom. The average Bonchev–Trinajstić information content (AvgIpc) is 3.22. The summed E-state index contributed by atoms with van der Waals surface area (Å²) in [7, 11) is 1.77. The van der Waals surface area contributed by atoms with Crippen LogP contribution in [0.3, 0.4) is 0 Å². The maximum Gasteiger partial charge on any atom is 0.311 e. The molecule has 150 valence electrons. The fraction of sp³-hybridized carbons (Fsp3) is 0.200. The van der Waals surface area contributed by atoms with Gasteiger partial charge in [0, 0.05) is 24.9 Å². The molecule has 1 aromatic carbocycles. The third-order valence-corrected chi connectivity index (χ3v) is 4.33. The van der Waals surface area contributed by atoms with Crippen LogP contribution in [0, 0.1) is 29.8 Å². The summed E-state index contributed by atoms with van der Waals surface area (Å²) < 4.78 is 25.9. The molecule has 0 unspecified atom stereocenters. The fourth-order valence-corrected chi connectivity index (χ4v) is 2.84. The second-order valence-electron chi connectivity index (χ2n) is 6.33. The molecular formula is C20H18FN3O5. The van der Waals surface area contributed by atoms with E-state index in [-0.39, 0.29) is 23.8 Å². The molecule has 0 fully saturated rings. The number of nitro groups is 1. The lowest BCUT2D eigenvalue weighted by atomic mass is 10.1. The summed E-state index contributed by atoms with van der Waals surface area (Å²) in [6.45, 7) is 3.45. The van der Waals surface area contributed by atoms with Crippen LogP contribution >= 0.6 is 0 Å². The molecule has 8 nitrogen and oxygen atoms in total. The van der Waals surface area contributed by atoms with Gasteiger partial charge in [-0.2, -0.15) is 5.10 Å². The highest BCUT2D eigenvalue weighted by Crippen LogP contribution is 2.28. The SMILES string of the molecule is Cc1nn(C)c(C)c1C(=O)/C=C/c1ccc(COc2cc(F)ccc2[N+](=O)[O-])o1. The number of furan rings is 1. The van der Waals surface area contributed by atoms with Gasteiger partial charge in [-0.05, 0) is 44.2 Å². The number of carbonyl (C=O) groups excluding carboxylic acids is 1. The van der Waals surface area contributed by atoms with Gasteiger partial charge in [0.15, 0.2) is 11.5 Å². The topological polar surface area (TPSA) is 100 Å². The maximum atomic E-state index is 13.3. The van der Waals surface area contributed by atoms with Crippen LogP contribution in [0.5, 0.6) is 5.75 Å². The molecule has 3 aromatic rings. The zero-order valence-electron chi connectivity index (χ0n) is 16.0. The Bertz CT molecular complexity index is 1110. The summed E-state index contributed by atoms with van der Waals surface area (Å²) in [5.41, 5.74) is 1.61. The van der Waals surface area contributed by atoms with Gasteiger partial charge in [0.2, 0.25) is 0 Å². The first-order chi connectivity index (χ1) is 13.8. The van der Waals surface area contributed by atoms with Crippen molar-refractivity contribution in [2.75, 3.05) is 0 Å². The molecule has 0 N–H and O–H groups in total. The summed E-state index contributed by atoms with van der Waals surface area (Å²) in [6, 6.07) is 6.21. The van der Waals surface area contributed by atoms with Gasteiger partial charge in [0.25, 0.3) is 0 Å². The number of carbonyl (C=O) groups is 1. The molecule has 0 bridgehead atoms. The second kappa shape index (κ2) is 8.09. The van der Waals surface area contributed by atoms with Crippen LogP contribution in [0.25, 0.3) is 6.08 Å². The monoisotopic (exact) mass is 399 g/mol. The molecule has 29 heavy (non-hydrogen) atoms. The third kappa shape index (κ3) is 4.40. The van der Waals surface area contributed by atoms with Crippen LogP contribution in [-0.4, -0.2) is 20.5 Å². The lowest BCUT2D eigenvalue weighted by Gasteiger charge is -2.05. The molecule has 0 saturated carbocycles. The third-order valence-electron chi connectivity index (χ3n) is 4.33. The van der Waals surface area contributed by atoms with Crippen molar-refractivity contribution in [1.29, 1.82) is 0 Å². The van der Waals surface area contributed by atoms with Gasteiger partial charge in [-0.3, -0.25) is 19.6 Å². The number of ketones is 1. The van der Waals surface area contributed by atoms with Gasteiger partial charge in [-0.15, -0.1) is 0 Å². The van der Waals surface area contributed by atoms with Gasteiger partial charge < -0.3 is 9.15 Å². The minimum atomic E-state index is -0.654. The van der Waals surface area contributed by atoms with E-state index in [1.165, 1.54) is 12.2 Å². The lowest BCUT2D eigenvalue weighted by Crippen LogP contribution is -1.99. The number of hydrogen-bond acceptors (Lipinski definition) is 6. The first-order valence-electron chi connectivity index (χ1n) is 8.64. The Morgan fingerprint density at radius 3 is 2.76 bits per heavy atom. The normalized spacial score (nSPS) is 11.2. The molecule has 0 aliphatic carbocycles. The summed E-state index contributed by atoms with van der Waals surface area (Å²) in [5, 5.41) is 15.2. The number of halogens is 1. The van der Waals surface area contributed by atoms with Crippen LogP contribution in [0.1, 0.15) is 33.3 Å². The molecule has 3 rings (SSSR count). The zero-order valence-corrected chi connectivity index (χ0v) is 16.0. The number of hydrogen-bond donors (Lipinski definition) is 0. The Morgan fingerprint density at radius 1 is 1.34 bits per heavy atom. The van der Waals surface area contributed by atoms with E-state index in [2.05, 4.69) is 5.10 Å². The molecule has 0 amide bonds. The first-order valence-corrected chi connectivity index (χ1v) is 8.64. The van der Waals surface area contributed by atoms with Crippen LogP contribution in [0.15, 0.2) is 40.8 Å². The number of nitro benzene ring substituents is 1. The van der Waals surface area contributed by atoms with E-state index in [1.807, 2.05) is 6.92 Å². The number of aryl methyl sites for hydroxylation is 2. The number of aromatic nitrogens is 2. The Labute approximate surface area is 165 Å². The molecule has 0 aliphatic rings. The van der Waals surface area contributed by atoms with E-state index >= 15 is 0 Å². The number of ether oxygens (including phenoxy) is 1. The molecule has 0 aliphatic heterocycles. The van der Waals surface area contributed by atoms with Gasteiger partial charge in [0.1, 0.15) is 23.9 Å². The highest BCUT2D eigenvalue weighted by molar-refractivity contribution is 6.08. The number of rotatable bonds is 7. The Kier molecular flexibility index (Phi) is 5.58. The van der Waals surface area contributed by atoms with Crippen molar-refractivity contribution in [3.8, 4) is 5.75 Å². The van der Waals surface area contributed by atoms with E-state index in [1.54, 1.807) is 30.8 Å². The van der Waals surface area contributed by atoms with Gasteiger partial charge in [0.05, 0.1) is 16.2 Å². The number of allylic oxidation sites excluding steroid dienone is 1. The van der Waals surface area contributed by atoms with Crippen molar-refractivity contribution in [1.82, 2.24) is 9.78 Å². The highest BCUT2D eigenvalue weighted by atomic mass is 19.1. The molecule has 0 atom stereocenters. The zero-order chi connectivity index (χ0) is 21.1. The van der Waals surface area contributed by atoms with Crippen molar-refractivity contribution in [3.05, 3.63) is 80.8 Å². The van der Waals surface area contributed by atoms with Gasteiger partial charge in [-0.25, -0.2) is 4.39 Å². The summed E-state index contributed by atoms with van der Waals surface area (Å²) in [5.74, 6) is -0.263. The summed E-state index contributed by atoms with van der Waals surface area (Å²) >= 11 is 0. The Balaban J connectivity index is 1.69. The van der Waals surface area contributed by atoms with Gasteiger partial charge >= 0.3 is 5.69 Å². The quantitative estimate of drug-likeness (QED) is 0.256. The maximum absolute atomic E-state index is 13.3. The van der Waals surface area contributed by atoms with Crippen molar-refractivity contribution in [3.63, 3.8) is 0 Å². The molecule has 2 heterocycles.